The second kappa shape index (κ2) is 9.85. The van der Waals surface area contributed by atoms with Gasteiger partial charge in [0.25, 0.3) is 0 Å². The number of nitrogens with two attached hydrogens (primary N) is 2. The Kier molecular flexibility index (Phi) is 9.22. The lowest BCUT2D eigenvalue weighted by Crippen LogP contribution is -2.38. The Balaban J connectivity index is 3.27. The van der Waals surface area contributed by atoms with Gasteiger partial charge in [0.05, 0.1) is 12.1 Å². The molecule has 0 heterocycles. The molecule has 0 radical (unpaired) electrons. The fourth-order valence-corrected chi connectivity index (χ4v) is 1.35. The highest BCUT2D eigenvalue weighted by molar-refractivity contribution is 5.81. The number of rotatable bonds is 9. The quantitative estimate of drug-likeness (QED) is 0.417. The van der Waals surface area contributed by atoms with Gasteiger partial charge in [-0.05, 0) is 26.7 Å². The highest BCUT2D eigenvalue weighted by Crippen LogP contribution is 1.98. The second-order valence-electron chi connectivity index (χ2n) is 4.57. The minimum Gasteiger partial charge on any atom is -0.355 e. The molecule has 18 heavy (non-hydrogen) atoms. The molecule has 0 fully saturated rings. The summed E-state index contributed by atoms with van der Waals surface area (Å²) in [6, 6.07) is -0.892. The Bertz CT molecular complexity index is 228. The summed E-state index contributed by atoms with van der Waals surface area (Å²) in [4.78, 5) is 22.2. The lowest BCUT2D eigenvalue weighted by Gasteiger charge is -2.08. The normalized spacial score (nSPS) is 13.8. The van der Waals surface area contributed by atoms with E-state index >= 15 is 0 Å². The van der Waals surface area contributed by atoms with Crippen molar-refractivity contribution in [2.24, 2.45) is 11.5 Å². The number of unbranched alkanes of at least 4 members (excludes halogenated alkanes) is 3. The molecule has 0 saturated carbocycles. The first-order valence-electron chi connectivity index (χ1n) is 6.51. The first-order chi connectivity index (χ1) is 8.45. The van der Waals surface area contributed by atoms with Crippen molar-refractivity contribution in [3.8, 4) is 0 Å². The zero-order valence-electron chi connectivity index (χ0n) is 11.4. The summed E-state index contributed by atoms with van der Waals surface area (Å²) in [5.41, 5.74) is 10.8. The van der Waals surface area contributed by atoms with Crippen LogP contribution in [-0.2, 0) is 9.59 Å². The maximum Gasteiger partial charge on any atom is 0.236 e. The molecule has 2 atom stereocenters. The molecule has 0 aromatic heterocycles. The smallest absolute Gasteiger partial charge is 0.236 e. The maximum atomic E-state index is 11.1. The van der Waals surface area contributed by atoms with Gasteiger partial charge in [0.1, 0.15) is 0 Å². The number of carbonyl (C=O) groups excluding carboxylic acids is 2. The maximum absolute atomic E-state index is 11.1. The molecule has 0 aliphatic carbocycles. The number of amides is 2. The van der Waals surface area contributed by atoms with Crippen molar-refractivity contribution < 1.29 is 9.59 Å². The first-order valence-corrected chi connectivity index (χ1v) is 6.51. The molecule has 0 aromatic carbocycles. The highest BCUT2D eigenvalue weighted by atomic mass is 16.2. The van der Waals surface area contributed by atoms with Crippen LogP contribution < -0.4 is 22.1 Å². The van der Waals surface area contributed by atoms with Crippen molar-refractivity contribution in [3.63, 3.8) is 0 Å². The van der Waals surface area contributed by atoms with E-state index in [9.17, 15) is 9.59 Å². The molecule has 0 spiro atoms. The molecule has 106 valence electrons. The molecule has 0 rings (SSSR count). The third-order valence-corrected chi connectivity index (χ3v) is 2.53. The van der Waals surface area contributed by atoms with Gasteiger partial charge in [0, 0.05) is 13.1 Å². The SMILES string of the molecule is C[C@H](N)C(=O)NCCCCCCNC(=O)[C@H](C)N. The molecule has 6 heteroatoms. The van der Waals surface area contributed by atoms with Crippen LogP contribution in [0.2, 0.25) is 0 Å². The third kappa shape index (κ3) is 8.95. The van der Waals surface area contributed by atoms with E-state index < -0.39 is 12.1 Å². The molecule has 2 amide bonds. The van der Waals surface area contributed by atoms with Crippen LogP contribution in [0.1, 0.15) is 39.5 Å². The molecule has 0 saturated heterocycles. The predicted molar refractivity (Wildman–Crippen MR) is 71.8 cm³/mol. The number of nitrogens with one attached hydrogen (secondary N) is 2. The van der Waals surface area contributed by atoms with E-state index in [1.165, 1.54) is 0 Å². The van der Waals surface area contributed by atoms with E-state index in [2.05, 4.69) is 10.6 Å². The van der Waals surface area contributed by atoms with Crippen LogP contribution >= 0.6 is 0 Å². The van der Waals surface area contributed by atoms with Crippen LogP contribution in [0.4, 0.5) is 0 Å². The van der Waals surface area contributed by atoms with E-state index in [0.29, 0.717) is 13.1 Å². The number of hydrogen-bond donors (Lipinski definition) is 4. The van der Waals surface area contributed by atoms with Gasteiger partial charge in [0.2, 0.25) is 11.8 Å². The average Bonchev–Trinajstić information content (AvgIpc) is 2.31. The molecule has 0 aromatic rings. The Labute approximate surface area is 109 Å². The summed E-state index contributed by atoms with van der Waals surface area (Å²) in [6.45, 7) is 4.64. The van der Waals surface area contributed by atoms with E-state index in [-0.39, 0.29) is 11.8 Å². The third-order valence-electron chi connectivity index (χ3n) is 2.53. The summed E-state index contributed by atoms with van der Waals surface area (Å²) in [6.07, 6.45) is 3.90. The number of hydrogen-bond acceptors (Lipinski definition) is 4. The standard InChI is InChI=1S/C12H26N4O2/c1-9(13)11(17)15-7-5-3-4-6-8-16-12(18)10(2)14/h9-10H,3-8,13-14H2,1-2H3,(H,15,17)(H,16,18)/t9-,10-/m0/s1. The van der Waals surface area contributed by atoms with Crippen molar-refractivity contribution >= 4 is 11.8 Å². The molecule has 6 N–H and O–H groups in total. The van der Waals surface area contributed by atoms with Crippen molar-refractivity contribution in [2.45, 2.75) is 51.6 Å². The zero-order chi connectivity index (χ0) is 14.0. The Morgan fingerprint density at radius 1 is 0.833 bits per heavy atom. The second-order valence-corrected chi connectivity index (χ2v) is 4.57. The average molecular weight is 258 g/mol. The van der Waals surface area contributed by atoms with Crippen LogP contribution in [0, 0.1) is 0 Å². The van der Waals surface area contributed by atoms with Gasteiger partial charge in [-0.2, -0.15) is 0 Å². The fourth-order valence-electron chi connectivity index (χ4n) is 1.35. The Morgan fingerprint density at radius 3 is 1.44 bits per heavy atom. The van der Waals surface area contributed by atoms with Gasteiger partial charge < -0.3 is 22.1 Å². The molecule has 6 nitrogen and oxygen atoms in total. The Hall–Kier alpha value is -1.14. The molecule has 0 aliphatic heterocycles. The van der Waals surface area contributed by atoms with Crippen molar-refractivity contribution in [2.75, 3.05) is 13.1 Å². The fraction of sp³-hybridized carbons (Fsp3) is 0.833. The van der Waals surface area contributed by atoms with E-state index in [1.54, 1.807) is 13.8 Å². The summed E-state index contributed by atoms with van der Waals surface area (Å²) >= 11 is 0. The summed E-state index contributed by atoms with van der Waals surface area (Å²) < 4.78 is 0. The molecular formula is C12H26N4O2. The summed E-state index contributed by atoms with van der Waals surface area (Å²) in [5.74, 6) is -0.224. The van der Waals surface area contributed by atoms with Gasteiger partial charge >= 0.3 is 0 Å². The predicted octanol–water partition coefficient (Wildman–Crippen LogP) is -0.526. The van der Waals surface area contributed by atoms with E-state index in [1.807, 2.05) is 0 Å². The molecular weight excluding hydrogens is 232 g/mol. The molecule has 0 bridgehead atoms. The summed E-state index contributed by atoms with van der Waals surface area (Å²) in [5, 5.41) is 5.51. The van der Waals surface area contributed by atoms with Crippen LogP contribution in [0.5, 0.6) is 0 Å². The molecule has 0 unspecified atom stereocenters. The largest absolute Gasteiger partial charge is 0.355 e. The minimum atomic E-state index is -0.446. The van der Waals surface area contributed by atoms with Crippen molar-refractivity contribution in [1.82, 2.24) is 10.6 Å². The van der Waals surface area contributed by atoms with Crippen molar-refractivity contribution in [3.05, 3.63) is 0 Å². The lowest BCUT2D eigenvalue weighted by atomic mass is 10.2. The lowest BCUT2D eigenvalue weighted by molar-refractivity contribution is -0.122. The van der Waals surface area contributed by atoms with Gasteiger partial charge in [0.15, 0.2) is 0 Å². The Morgan fingerprint density at radius 2 is 1.17 bits per heavy atom. The highest BCUT2D eigenvalue weighted by Gasteiger charge is 2.06. The monoisotopic (exact) mass is 258 g/mol. The summed E-state index contributed by atoms with van der Waals surface area (Å²) in [7, 11) is 0. The van der Waals surface area contributed by atoms with Crippen LogP contribution in [-0.4, -0.2) is 37.0 Å². The van der Waals surface area contributed by atoms with Gasteiger partial charge in [-0.15, -0.1) is 0 Å². The van der Waals surface area contributed by atoms with E-state index in [4.69, 9.17) is 11.5 Å². The topological polar surface area (TPSA) is 110 Å². The molecule has 0 aliphatic rings. The van der Waals surface area contributed by atoms with E-state index in [0.717, 1.165) is 25.7 Å². The van der Waals surface area contributed by atoms with Crippen LogP contribution in [0.15, 0.2) is 0 Å². The first kappa shape index (κ1) is 16.9. The van der Waals surface area contributed by atoms with Gasteiger partial charge in [-0.25, -0.2) is 0 Å². The van der Waals surface area contributed by atoms with Gasteiger partial charge in [-0.3, -0.25) is 9.59 Å². The van der Waals surface area contributed by atoms with Crippen LogP contribution in [0.3, 0.4) is 0 Å². The zero-order valence-corrected chi connectivity index (χ0v) is 11.4. The van der Waals surface area contributed by atoms with Crippen molar-refractivity contribution in [1.29, 1.82) is 0 Å². The van der Waals surface area contributed by atoms with Crippen LogP contribution in [0.25, 0.3) is 0 Å². The van der Waals surface area contributed by atoms with Gasteiger partial charge in [-0.1, -0.05) is 12.8 Å². The number of carbonyl (C=O) groups is 2. The minimum absolute atomic E-state index is 0.112.